The predicted octanol–water partition coefficient (Wildman–Crippen LogP) is 7.57. The third kappa shape index (κ3) is 27.2. The second-order valence-electron chi connectivity index (χ2n) is 18.0. The fourth-order valence-electron chi connectivity index (χ4n) is 7.81. The Morgan fingerprint density at radius 1 is 0.500 bits per heavy atom. The molecule has 0 aliphatic carbocycles. The van der Waals surface area contributed by atoms with Crippen molar-refractivity contribution in [1.29, 1.82) is 0 Å². The van der Waals surface area contributed by atoms with Gasteiger partial charge in [0.25, 0.3) is 0 Å². The lowest BCUT2D eigenvalue weighted by atomic mass is 9.98. The number of unbranched alkanes of at least 4 members (excludes halogenated alkanes) is 18. The smallest absolute Gasteiger partial charge is 0.306 e. The zero-order chi connectivity index (χ0) is 48.0. The van der Waals surface area contributed by atoms with Crippen molar-refractivity contribution in [1.82, 2.24) is 0 Å². The molecule has 0 aromatic rings. The second kappa shape index (κ2) is 39.8. The Balaban J connectivity index is 1.79. The zero-order valence-electron chi connectivity index (χ0n) is 40.7. The number of aliphatic hydroxyl groups excluding tert-OH is 7. The molecule has 2 fully saturated rings. The van der Waals surface area contributed by atoms with E-state index in [1.165, 1.54) is 64.2 Å². The van der Waals surface area contributed by atoms with Crippen molar-refractivity contribution in [3.63, 3.8) is 0 Å². The van der Waals surface area contributed by atoms with Gasteiger partial charge >= 0.3 is 5.97 Å². The first-order valence-electron chi connectivity index (χ1n) is 25.7. The highest BCUT2D eigenvalue weighted by Crippen LogP contribution is 2.26. The van der Waals surface area contributed by atoms with Crippen LogP contribution in [0.4, 0.5) is 0 Å². The monoisotopic (exact) mass is 941 g/mol. The molecule has 2 rings (SSSR count). The zero-order valence-corrected chi connectivity index (χ0v) is 40.7. The molecule has 0 spiro atoms. The third-order valence-corrected chi connectivity index (χ3v) is 12.1. The molecule has 14 heteroatoms. The van der Waals surface area contributed by atoms with Crippen molar-refractivity contribution >= 4 is 5.97 Å². The Bertz CT molecular complexity index is 1280. The number of carbonyl (C=O) groups is 1. The first-order valence-corrected chi connectivity index (χ1v) is 25.7. The molecule has 14 nitrogen and oxygen atoms in total. The molecule has 2 saturated heterocycles. The summed E-state index contributed by atoms with van der Waals surface area (Å²) in [6.45, 7) is 3.59. The summed E-state index contributed by atoms with van der Waals surface area (Å²) < 4.78 is 34.2. The molecular weight excluding hydrogens is 849 g/mol. The van der Waals surface area contributed by atoms with Crippen LogP contribution in [0.1, 0.15) is 174 Å². The lowest BCUT2D eigenvalue weighted by molar-refractivity contribution is -0.332. The predicted molar refractivity (Wildman–Crippen MR) is 256 cm³/mol. The SMILES string of the molecule is CCCCC/C=C\C/C=C\CCCCCCCC(=O)OC(COCCCCCCCC/C=C\C/C=C\CCCCCC)COC1OC(COC2OC(CO)C(O)C(O)C2O)C(O)C(O)C1O. The van der Waals surface area contributed by atoms with E-state index in [0.29, 0.717) is 13.0 Å². The number of aliphatic hydroxyl groups is 7. The van der Waals surface area contributed by atoms with E-state index in [0.717, 1.165) is 83.5 Å². The second-order valence-corrected chi connectivity index (χ2v) is 18.0. The van der Waals surface area contributed by atoms with Crippen LogP contribution in [0.2, 0.25) is 0 Å². The summed E-state index contributed by atoms with van der Waals surface area (Å²) in [6, 6.07) is 0. The van der Waals surface area contributed by atoms with Crippen molar-refractivity contribution in [3.05, 3.63) is 48.6 Å². The van der Waals surface area contributed by atoms with Gasteiger partial charge in [0.2, 0.25) is 0 Å². The van der Waals surface area contributed by atoms with Crippen LogP contribution in [-0.4, -0.2) is 142 Å². The van der Waals surface area contributed by atoms with Crippen molar-refractivity contribution in [2.24, 2.45) is 0 Å². The van der Waals surface area contributed by atoms with Crippen molar-refractivity contribution < 1.29 is 69.0 Å². The molecule has 0 radical (unpaired) electrons. The summed E-state index contributed by atoms with van der Waals surface area (Å²) in [4.78, 5) is 13.0. The molecule has 0 aromatic heterocycles. The topological polar surface area (TPSA) is 214 Å². The normalized spacial score (nSPS) is 26.7. The van der Waals surface area contributed by atoms with Crippen LogP contribution in [0.25, 0.3) is 0 Å². The molecule has 0 aromatic carbocycles. The molecular formula is C52H92O14. The Hall–Kier alpha value is -2.05. The highest BCUT2D eigenvalue weighted by Gasteiger charge is 2.47. The van der Waals surface area contributed by atoms with Crippen LogP contribution >= 0.6 is 0 Å². The molecule has 11 unspecified atom stereocenters. The fourth-order valence-corrected chi connectivity index (χ4v) is 7.81. The van der Waals surface area contributed by atoms with Crippen molar-refractivity contribution in [3.8, 4) is 0 Å². The first-order chi connectivity index (χ1) is 32.1. The van der Waals surface area contributed by atoms with E-state index in [2.05, 4.69) is 62.5 Å². The average Bonchev–Trinajstić information content (AvgIpc) is 3.31. The Kier molecular flexibility index (Phi) is 36.2. The molecule has 0 bridgehead atoms. The van der Waals surface area contributed by atoms with Crippen LogP contribution in [-0.2, 0) is 33.2 Å². The lowest BCUT2D eigenvalue weighted by Gasteiger charge is -2.42. The number of hydrogen-bond acceptors (Lipinski definition) is 14. The fraction of sp³-hybridized carbons (Fsp3) is 0.827. The minimum Gasteiger partial charge on any atom is -0.457 e. The van der Waals surface area contributed by atoms with E-state index >= 15 is 0 Å². The molecule has 2 aliphatic heterocycles. The Labute approximate surface area is 397 Å². The van der Waals surface area contributed by atoms with Crippen molar-refractivity contribution in [2.45, 2.75) is 242 Å². The molecule has 7 N–H and O–H groups in total. The highest BCUT2D eigenvalue weighted by atomic mass is 16.7. The van der Waals surface area contributed by atoms with Gasteiger partial charge in [0.05, 0.1) is 26.4 Å². The molecule has 384 valence electrons. The molecule has 0 amide bonds. The van der Waals surface area contributed by atoms with E-state index in [-0.39, 0.29) is 19.6 Å². The molecule has 2 heterocycles. The minimum absolute atomic E-state index is 0.0475. The Morgan fingerprint density at radius 3 is 1.48 bits per heavy atom. The number of ether oxygens (including phenoxy) is 6. The van der Waals surface area contributed by atoms with Gasteiger partial charge < -0.3 is 64.2 Å². The summed E-state index contributed by atoms with van der Waals surface area (Å²) in [7, 11) is 0. The quantitative estimate of drug-likeness (QED) is 0.0179. The summed E-state index contributed by atoms with van der Waals surface area (Å²) in [5.74, 6) is -0.395. The third-order valence-electron chi connectivity index (χ3n) is 12.1. The van der Waals surface area contributed by atoms with Crippen LogP contribution in [0, 0.1) is 0 Å². The van der Waals surface area contributed by atoms with Gasteiger partial charge in [-0.05, 0) is 77.0 Å². The van der Waals surface area contributed by atoms with Crippen LogP contribution in [0.3, 0.4) is 0 Å². The van der Waals surface area contributed by atoms with E-state index in [4.69, 9.17) is 28.4 Å². The van der Waals surface area contributed by atoms with Gasteiger partial charge in [0.15, 0.2) is 12.6 Å². The standard InChI is InChI=1S/C52H92O14/c1-3-5-7-9-11-13-15-17-19-20-22-24-26-28-30-32-34-36-61-38-41(64-44(54)35-33-31-29-27-25-23-21-18-16-14-12-10-8-6-4-2)39-62-51-50(60)48(58)46(56)43(66-51)40-63-52-49(59)47(57)45(55)42(37-53)65-52/h12-15,18-21,41-43,45-53,55-60H,3-11,16-17,22-40H2,1-2H3/b14-12-,15-13-,20-19-,21-18-. The van der Waals surface area contributed by atoms with Gasteiger partial charge in [-0.3, -0.25) is 4.79 Å². The van der Waals surface area contributed by atoms with Crippen LogP contribution < -0.4 is 0 Å². The molecule has 66 heavy (non-hydrogen) atoms. The van der Waals surface area contributed by atoms with Crippen LogP contribution in [0.5, 0.6) is 0 Å². The first kappa shape index (κ1) is 60.1. The van der Waals surface area contributed by atoms with Gasteiger partial charge in [-0.1, -0.05) is 140 Å². The van der Waals surface area contributed by atoms with Gasteiger partial charge in [-0.25, -0.2) is 0 Å². The largest absolute Gasteiger partial charge is 0.457 e. The maximum absolute atomic E-state index is 13.0. The van der Waals surface area contributed by atoms with E-state index in [9.17, 15) is 40.5 Å². The summed E-state index contributed by atoms with van der Waals surface area (Å²) in [5.41, 5.74) is 0. The van der Waals surface area contributed by atoms with E-state index in [1.54, 1.807) is 0 Å². The van der Waals surface area contributed by atoms with Gasteiger partial charge in [-0.2, -0.15) is 0 Å². The van der Waals surface area contributed by atoms with Gasteiger partial charge in [-0.15, -0.1) is 0 Å². The Morgan fingerprint density at radius 2 is 0.939 bits per heavy atom. The van der Waals surface area contributed by atoms with E-state index < -0.39 is 86.7 Å². The summed E-state index contributed by atoms with van der Waals surface area (Å²) in [5, 5.41) is 72.1. The average molecular weight is 941 g/mol. The summed E-state index contributed by atoms with van der Waals surface area (Å²) >= 11 is 0. The van der Waals surface area contributed by atoms with Crippen molar-refractivity contribution in [2.75, 3.05) is 33.0 Å². The van der Waals surface area contributed by atoms with Crippen LogP contribution in [0.15, 0.2) is 48.6 Å². The maximum atomic E-state index is 13.0. The number of carbonyl (C=O) groups excluding carboxylic acids is 1. The minimum atomic E-state index is -1.71. The number of esters is 1. The number of hydrogen-bond donors (Lipinski definition) is 7. The van der Waals surface area contributed by atoms with E-state index in [1.807, 2.05) is 0 Å². The lowest BCUT2D eigenvalue weighted by Crippen LogP contribution is -2.61. The molecule has 0 saturated carbocycles. The maximum Gasteiger partial charge on any atom is 0.306 e. The summed E-state index contributed by atoms with van der Waals surface area (Å²) in [6.07, 6.45) is 28.8. The molecule has 2 aliphatic rings. The highest BCUT2D eigenvalue weighted by molar-refractivity contribution is 5.69. The number of rotatable bonds is 40. The molecule has 11 atom stereocenters. The van der Waals surface area contributed by atoms with Gasteiger partial charge in [0, 0.05) is 13.0 Å². The van der Waals surface area contributed by atoms with Gasteiger partial charge in [0.1, 0.15) is 54.9 Å². The number of allylic oxidation sites excluding steroid dienone is 8.